The molecular formula is C12H11ClN4. The highest BCUT2D eigenvalue weighted by Gasteiger charge is 2.08. The summed E-state index contributed by atoms with van der Waals surface area (Å²) in [5.41, 5.74) is 0.366. The SMILES string of the molecule is CC(C)Nc1nc(C#N)cc2cnc(Cl)cc12. The molecule has 0 saturated carbocycles. The van der Waals surface area contributed by atoms with E-state index in [1.54, 1.807) is 18.3 Å². The lowest BCUT2D eigenvalue weighted by Crippen LogP contribution is -2.12. The van der Waals surface area contributed by atoms with Crippen molar-refractivity contribution in [2.75, 3.05) is 5.32 Å². The number of nitriles is 1. The summed E-state index contributed by atoms with van der Waals surface area (Å²) >= 11 is 5.87. The number of hydrogen-bond acceptors (Lipinski definition) is 4. The van der Waals surface area contributed by atoms with Gasteiger partial charge < -0.3 is 5.32 Å². The molecule has 4 nitrogen and oxygen atoms in total. The first kappa shape index (κ1) is 11.6. The van der Waals surface area contributed by atoms with Crippen molar-refractivity contribution in [3.8, 4) is 6.07 Å². The number of nitrogens with one attached hydrogen (secondary N) is 1. The highest BCUT2D eigenvalue weighted by atomic mass is 35.5. The van der Waals surface area contributed by atoms with Crippen molar-refractivity contribution in [1.82, 2.24) is 9.97 Å². The van der Waals surface area contributed by atoms with Gasteiger partial charge in [0.25, 0.3) is 0 Å². The molecular weight excluding hydrogens is 236 g/mol. The average molecular weight is 247 g/mol. The van der Waals surface area contributed by atoms with Gasteiger partial charge in [0.2, 0.25) is 0 Å². The van der Waals surface area contributed by atoms with Crippen LogP contribution in [0.5, 0.6) is 0 Å². The maximum Gasteiger partial charge on any atom is 0.143 e. The second kappa shape index (κ2) is 4.56. The third-order valence-corrected chi connectivity index (χ3v) is 2.43. The molecule has 0 aliphatic heterocycles. The van der Waals surface area contributed by atoms with Crippen LogP contribution in [0.4, 0.5) is 5.82 Å². The maximum atomic E-state index is 8.92. The van der Waals surface area contributed by atoms with Crippen LogP contribution in [-0.4, -0.2) is 16.0 Å². The third-order valence-electron chi connectivity index (χ3n) is 2.22. The smallest absolute Gasteiger partial charge is 0.143 e. The lowest BCUT2D eigenvalue weighted by molar-refractivity contribution is 0.891. The van der Waals surface area contributed by atoms with E-state index in [9.17, 15) is 0 Å². The van der Waals surface area contributed by atoms with Gasteiger partial charge >= 0.3 is 0 Å². The van der Waals surface area contributed by atoms with Crippen molar-refractivity contribution in [2.45, 2.75) is 19.9 Å². The van der Waals surface area contributed by atoms with Gasteiger partial charge in [0.15, 0.2) is 0 Å². The van der Waals surface area contributed by atoms with Crippen molar-refractivity contribution in [3.63, 3.8) is 0 Å². The Morgan fingerprint density at radius 3 is 2.82 bits per heavy atom. The molecule has 17 heavy (non-hydrogen) atoms. The van der Waals surface area contributed by atoms with E-state index >= 15 is 0 Å². The Labute approximate surface area is 104 Å². The molecule has 0 unspecified atom stereocenters. The quantitative estimate of drug-likeness (QED) is 0.828. The molecule has 86 valence electrons. The van der Waals surface area contributed by atoms with Gasteiger partial charge in [-0.05, 0) is 26.0 Å². The lowest BCUT2D eigenvalue weighted by atomic mass is 10.2. The molecule has 2 aromatic rings. The summed E-state index contributed by atoms with van der Waals surface area (Å²) in [5.74, 6) is 0.665. The number of hydrogen-bond donors (Lipinski definition) is 1. The molecule has 5 heteroatoms. The molecule has 0 atom stereocenters. The first-order chi connectivity index (χ1) is 8.10. The van der Waals surface area contributed by atoms with Crippen LogP contribution in [0.1, 0.15) is 19.5 Å². The number of nitrogens with zero attached hydrogens (tertiary/aromatic N) is 3. The molecule has 0 amide bonds. The molecule has 0 aromatic carbocycles. The molecule has 0 saturated heterocycles. The summed E-state index contributed by atoms with van der Waals surface area (Å²) in [5, 5.41) is 14.3. The number of rotatable bonds is 2. The van der Waals surface area contributed by atoms with Gasteiger partial charge in [-0.1, -0.05) is 11.6 Å². The fourth-order valence-electron chi connectivity index (χ4n) is 1.56. The van der Waals surface area contributed by atoms with Gasteiger partial charge in [-0.25, -0.2) is 9.97 Å². The molecule has 0 aliphatic carbocycles. The van der Waals surface area contributed by atoms with Crippen molar-refractivity contribution >= 4 is 28.2 Å². The van der Waals surface area contributed by atoms with E-state index in [1.807, 2.05) is 19.9 Å². The zero-order chi connectivity index (χ0) is 12.4. The summed E-state index contributed by atoms with van der Waals surface area (Å²) < 4.78 is 0. The Hall–Kier alpha value is -1.86. The lowest BCUT2D eigenvalue weighted by Gasteiger charge is -2.12. The largest absolute Gasteiger partial charge is 0.367 e. The van der Waals surface area contributed by atoms with Gasteiger partial charge in [0.05, 0.1) is 0 Å². The van der Waals surface area contributed by atoms with Crippen LogP contribution in [0, 0.1) is 11.3 Å². The Kier molecular flexibility index (Phi) is 3.12. The Morgan fingerprint density at radius 1 is 1.41 bits per heavy atom. The summed E-state index contributed by atoms with van der Waals surface area (Å²) in [6, 6.07) is 5.71. The summed E-state index contributed by atoms with van der Waals surface area (Å²) in [7, 11) is 0. The topological polar surface area (TPSA) is 61.6 Å². The normalized spacial score (nSPS) is 10.5. The van der Waals surface area contributed by atoms with E-state index in [4.69, 9.17) is 16.9 Å². The third kappa shape index (κ3) is 2.45. The van der Waals surface area contributed by atoms with E-state index in [-0.39, 0.29) is 6.04 Å². The number of pyridine rings is 2. The Bertz CT molecular complexity index is 601. The number of anilines is 1. The number of fused-ring (bicyclic) bond motifs is 1. The van der Waals surface area contributed by atoms with Crippen molar-refractivity contribution in [2.24, 2.45) is 0 Å². The standard InChI is InChI=1S/C12H11ClN4/c1-7(2)16-12-10-4-11(13)15-6-8(10)3-9(5-14)17-12/h3-4,6-7H,1-2H3,(H,16,17). The van der Waals surface area contributed by atoms with Crippen LogP contribution in [0.3, 0.4) is 0 Å². The monoisotopic (exact) mass is 246 g/mol. The molecule has 0 spiro atoms. The Balaban J connectivity index is 2.68. The number of halogens is 1. The van der Waals surface area contributed by atoms with E-state index in [0.717, 1.165) is 10.8 Å². The molecule has 2 rings (SSSR count). The molecule has 2 heterocycles. The van der Waals surface area contributed by atoms with Gasteiger partial charge in [-0.15, -0.1) is 0 Å². The zero-order valence-electron chi connectivity index (χ0n) is 9.53. The van der Waals surface area contributed by atoms with E-state index in [1.165, 1.54) is 0 Å². The fraction of sp³-hybridized carbons (Fsp3) is 0.250. The average Bonchev–Trinajstić information content (AvgIpc) is 2.28. The first-order valence-electron chi connectivity index (χ1n) is 5.23. The van der Waals surface area contributed by atoms with E-state index in [2.05, 4.69) is 15.3 Å². The minimum absolute atomic E-state index is 0.228. The fourth-order valence-corrected chi connectivity index (χ4v) is 1.72. The molecule has 2 aromatic heterocycles. The second-order valence-corrected chi connectivity index (χ2v) is 4.38. The Morgan fingerprint density at radius 2 is 2.18 bits per heavy atom. The summed E-state index contributed by atoms with van der Waals surface area (Å²) in [6.45, 7) is 4.02. The minimum atomic E-state index is 0.228. The van der Waals surface area contributed by atoms with Gasteiger partial charge in [0, 0.05) is 23.0 Å². The van der Waals surface area contributed by atoms with Gasteiger partial charge in [-0.2, -0.15) is 5.26 Å². The highest BCUT2D eigenvalue weighted by molar-refractivity contribution is 6.30. The van der Waals surface area contributed by atoms with E-state index in [0.29, 0.717) is 16.7 Å². The minimum Gasteiger partial charge on any atom is -0.367 e. The van der Waals surface area contributed by atoms with Crippen molar-refractivity contribution in [1.29, 1.82) is 5.26 Å². The van der Waals surface area contributed by atoms with Crippen LogP contribution in [-0.2, 0) is 0 Å². The first-order valence-corrected chi connectivity index (χ1v) is 5.61. The second-order valence-electron chi connectivity index (χ2n) is 4.00. The van der Waals surface area contributed by atoms with Crippen LogP contribution in [0.15, 0.2) is 18.3 Å². The van der Waals surface area contributed by atoms with Gasteiger partial charge in [0.1, 0.15) is 22.7 Å². The number of aromatic nitrogens is 2. The summed E-state index contributed by atoms with van der Waals surface area (Å²) in [6.07, 6.45) is 1.64. The zero-order valence-corrected chi connectivity index (χ0v) is 10.3. The molecule has 0 bridgehead atoms. The van der Waals surface area contributed by atoms with Crippen molar-refractivity contribution in [3.05, 3.63) is 29.2 Å². The van der Waals surface area contributed by atoms with Crippen LogP contribution >= 0.6 is 11.6 Å². The van der Waals surface area contributed by atoms with Gasteiger partial charge in [-0.3, -0.25) is 0 Å². The predicted molar refractivity (Wildman–Crippen MR) is 68.0 cm³/mol. The summed E-state index contributed by atoms with van der Waals surface area (Å²) in [4.78, 5) is 8.25. The van der Waals surface area contributed by atoms with Crippen LogP contribution < -0.4 is 5.32 Å². The van der Waals surface area contributed by atoms with E-state index < -0.39 is 0 Å². The van der Waals surface area contributed by atoms with Crippen LogP contribution in [0.2, 0.25) is 5.15 Å². The predicted octanol–water partition coefficient (Wildman–Crippen LogP) is 2.98. The maximum absolute atomic E-state index is 8.92. The molecule has 0 fully saturated rings. The highest BCUT2D eigenvalue weighted by Crippen LogP contribution is 2.24. The molecule has 1 N–H and O–H groups in total. The molecule has 0 radical (unpaired) electrons. The molecule has 0 aliphatic rings. The van der Waals surface area contributed by atoms with Crippen molar-refractivity contribution < 1.29 is 0 Å². The van der Waals surface area contributed by atoms with Crippen LogP contribution in [0.25, 0.3) is 10.8 Å².